The van der Waals surface area contributed by atoms with Crippen molar-refractivity contribution in [1.82, 2.24) is 14.8 Å². The highest BCUT2D eigenvalue weighted by molar-refractivity contribution is 7.99. The number of rotatable bonds is 13. The number of hydrogen-bond donors (Lipinski definition) is 4. The lowest BCUT2D eigenvalue weighted by Crippen LogP contribution is -2.47. The van der Waals surface area contributed by atoms with Crippen molar-refractivity contribution in [2.45, 2.75) is 30.0 Å². The maximum Gasteiger partial charge on any atom is 0.416 e. The molecule has 0 amide bonds. The number of fused-ring (bicyclic) bond motifs is 1. The maximum absolute atomic E-state index is 13.6. The number of aromatic amines is 1. The van der Waals surface area contributed by atoms with E-state index in [9.17, 15) is 28.2 Å². The Hall–Kier alpha value is -2.32. The Morgan fingerprint density at radius 3 is 2.45 bits per heavy atom. The third-order valence-electron chi connectivity index (χ3n) is 7.21. The molecule has 1 atom stereocenters. The number of nitrogens with one attached hydrogen (secondary N) is 1. The number of aromatic nitrogens is 1. The average molecular weight is 630 g/mol. The second kappa shape index (κ2) is 14.9. The molecule has 1 aliphatic heterocycles. The molecular formula is C29H35ClF3N3O5S. The van der Waals surface area contributed by atoms with Gasteiger partial charge in [-0.15, -0.1) is 11.8 Å². The molecule has 42 heavy (non-hydrogen) atoms. The van der Waals surface area contributed by atoms with Crippen LogP contribution in [0.15, 0.2) is 46.1 Å². The van der Waals surface area contributed by atoms with Crippen LogP contribution in [0.1, 0.15) is 18.4 Å². The Kier molecular flexibility index (Phi) is 11.6. The monoisotopic (exact) mass is 629 g/mol. The molecule has 8 nitrogen and oxygen atoms in total. The zero-order valence-corrected chi connectivity index (χ0v) is 24.6. The molecule has 1 unspecified atom stereocenters. The number of aromatic hydroxyl groups is 1. The van der Waals surface area contributed by atoms with Gasteiger partial charge in [0.05, 0.1) is 36.4 Å². The average Bonchev–Trinajstić information content (AvgIpc) is 2.95. The molecule has 2 aromatic carbocycles. The van der Waals surface area contributed by atoms with E-state index in [0.29, 0.717) is 19.6 Å². The van der Waals surface area contributed by atoms with E-state index in [-0.39, 0.29) is 50.1 Å². The summed E-state index contributed by atoms with van der Waals surface area (Å²) in [6.07, 6.45) is -4.13. The molecule has 0 bridgehead atoms. The first-order valence-electron chi connectivity index (χ1n) is 13.8. The van der Waals surface area contributed by atoms with Gasteiger partial charge in [-0.05, 0) is 55.8 Å². The largest absolute Gasteiger partial charge is 0.507 e. The van der Waals surface area contributed by atoms with Gasteiger partial charge in [0.25, 0.3) is 5.56 Å². The molecule has 3 aromatic rings. The lowest BCUT2D eigenvalue weighted by Gasteiger charge is -2.34. The van der Waals surface area contributed by atoms with Crippen molar-refractivity contribution in [2.75, 3.05) is 64.8 Å². The summed E-state index contributed by atoms with van der Waals surface area (Å²) >= 11 is 7.20. The first kappa shape index (κ1) is 32.6. The number of H-pyrrole nitrogens is 1. The van der Waals surface area contributed by atoms with E-state index in [1.165, 1.54) is 24.3 Å². The molecule has 2 heterocycles. The van der Waals surface area contributed by atoms with Crippen molar-refractivity contribution in [1.29, 1.82) is 0 Å². The van der Waals surface area contributed by atoms with E-state index in [1.807, 2.05) is 0 Å². The second-order valence-electron chi connectivity index (χ2n) is 10.2. The van der Waals surface area contributed by atoms with E-state index in [2.05, 4.69) is 14.8 Å². The minimum atomic E-state index is -4.61. The lowest BCUT2D eigenvalue weighted by atomic mass is 9.98. The van der Waals surface area contributed by atoms with Gasteiger partial charge in [0.2, 0.25) is 0 Å². The summed E-state index contributed by atoms with van der Waals surface area (Å²) in [5.74, 6) is -0.0902. The van der Waals surface area contributed by atoms with Gasteiger partial charge >= 0.3 is 6.18 Å². The molecule has 1 fully saturated rings. The number of piperazine rings is 1. The number of ether oxygens (including phenoxy) is 1. The summed E-state index contributed by atoms with van der Waals surface area (Å²) in [6, 6.07) is 7.22. The smallest absolute Gasteiger partial charge is 0.416 e. The molecule has 0 aliphatic carbocycles. The van der Waals surface area contributed by atoms with E-state index in [0.717, 1.165) is 69.6 Å². The highest BCUT2D eigenvalue weighted by Gasteiger charge is 2.31. The molecular weight excluding hydrogens is 595 g/mol. The maximum atomic E-state index is 13.6. The number of phenolic OH excluding ortho intramolecular Hbond substituents is 1. The van der Waals surface area contributed by atoms with Gasteiger partial charge in [-0.3, -0.25) is 9.69 Å². The van der Waals surface area contributed by atoms with E-state index >= 15 is 0 Å². The standard InChI is InChI=1S/C29H35ClF3N3O5S/c30-20-4-6-25(39)23(17-20)26-22-16-19(29(31,32)33)3-5-24(22)34-28(40)27(26)42-18-21(38)2-1-7-35-8-10-36(11-9-35)12-14-41-15-13-37/h3-6,16-17,21,37-39H,1-2,7-15,18H2,(H,34,40). The Bertz CT molecular complexity index is 1400. The van der Waals surface area contributed by atoms with Crippen molar-refractivity contribution in [2.24, 2.45) is 0 Å². The van der Waals surface area contributed by atoms with Gasteiger partial charge in [0, 0.05) is 65.5 Å². The van der Waals surface area contributed by atoms with Gasteiger partial charge in [-0.25, -0.2) is 0 Å². The number of thioether (sulfide) groups is 1. The highest BCUT2D eigenvalue weighted by atomic mass is 35.5. The van der Waals surface area contributed by atoms with Gasteiger partial charge < -0.3 is 29.9 Å². The normalized spacial score (nSPS) is 15.9. The summed E-state index contributed by atoms with van der Waals surface area (Å²) in [6.45, 7) is 6.24. The zero-order valence-electron chi connectivity index (χ0n) is 23.0. The number of pyridine rings is 1. The van der Waals surface area contributed by atoms with E-state index in [4.69, 9.17) is 21.4 Å². The summed E-state index contributed by atoms with van der Waals surface area (Å²) in [7, 11) is 0. The fourth-order valence-corrected chi connectivity index (χ4v) is 6.22. The number of benzene rings is 2. The number of alkyl halides is 3. The molecule has 0 saturated carbocycles. The summed E-state index contributed by atoms with van der Waals surface area (Å²) < 4.78 is 46.1. The first-order chi connectivity index (χ1) is 20.1. The van der Waals surface area contributed by atoms with Crippen LogP contribution in [0.2, 0.25) is 5.02 Å². The summed E-state index contributed by atoms with van der Waals surface area (Å²) in [4.78, 5) is 20.5. The van der Waals surface area contributed by atoms with Gasteiger partial charge in [0.15, 0.2) is 0 Å². The molecule has 4 N–H and O–H groups in total. The van der Waals surface area contributed by atoms with Crippen LogP contribution in [0.25, 0.3) is 22.0 Å². The zero-order chi connectivity index (χ0) is 30.3. The minimum absolute atomic E-state index is 0.0202. The number of aliphatic hydroxyl groups is 2. The van der Waals surface area contributed by atoms with Crippen molar-refractivity contribution in [3.63, 3.8) is 0 Å². The number of halogens is 4. The van der Waals surface area contributed by atoms with E-state index in [1.54, 1.807) is 0 Å². The molecule has 13 heteroatoms. The number of aliphatic hydroxyl groups excluding tert-OH is 2. The Labute approximate surface area is 251 Å². The molecule has 1 aliphatic rings. The predicted molar refractivity (Wildman–Crippen MR) is 158 cm³/mol. The third kappa shape index (κ3) is 8.62. The minimum Gasteiger partial charge on any atom is -0.507 e. The van der Waals surface area contributed by atoms with Crippen molar-refractivity contribution < 1.29 is 33.2 Å². The molecule has 1 saturated heterocycles. The molecule has 4 rings (SSSR count). The van der Waals surface area contributed by atoms with Gasteiger partial charge in [-0.2, -0.15) is 13.2 Å². The summed E-state index contributed by atoms with van der Waals surface area (Å²) in [5, 5.41) is 30.5. The lowest BCUT2D eigenvalue weighted by molar-refractivity contribution is -0.137. The van der Waals surface area contributed by atoms with E-state index < -0.39 is 23.4 Å². The van der Waals surface area contributed by atoms with Crippen LogP contribution in [0.3, 0.4) is 0 Å². The number of hydrogen-bond acceptors (Lipinski definition) is 8. The Morgan fingerprint density at radius 1 is 1.05 bits per heavy atom. The number of phenols is 1. The topological polar surface area (TPSA) is 109 Å². The van der Waals surface area contributed by atoms with Crippen LogP contribution in [0.5, 0.6) is 5.75 Å². The fourth-order valence-electron chi connectivity index (χ4n) is 4.98. The summed E-state index contributed by atoms with van der Waals surface area (Å²) in [5.41, 5.74) is -0.971. The molecule has 0 radical (unpaired) electrons. The fraction of sp³-hybridized carbons (Fsp3) is 0.483. The Morgan fingerprint density at radius 2 is 1.76 bits per heavy atom. The molecule has 1 aromatic heterocycles. The highest BCUT2D eigenvalue weighted by Crippen LogP contribution is 2.42. The van der Waals surface area contributed by atoms with Crippen LogP contribution in [-0.2, 0) is 10.9 Å². The second-order valence-corrected chi connectivity index (χ2v) is 11.7. The van der Waals surface area contributed by atoms with Crippen molar-refractivity contribution >= 4 is 34.3 Å². The quantitative estimate of drug-likeness (QED) is 0.162. The predicted octanol–water partition coefficient (Wildman–Crippen LogP) is 4.43. The van der Waals surface area contributed by atoms with Crippen LogP contribution in [0.4, 0.5) is 13.2 Å². The third-order valence-corrected chi connectivity index (χ3v) is 8.67. The molecule has 0 spiro atoms. The SMILES string of the molecule is O=c1[nH]c2ccc(C(F)(F)F)cc2c(-c2cc(Cl)ccc2O)c1SCC(O)CCCN1CCN(CCOCCO)CC1. The van der Waals surface area contributed by atoms with Crippen LogP contribution in [0, 0.1) is 0 Å². The van der Waals surface area contributed by atoms with Gasteiger partial charge in [-0.1, -0.05) is 11.6 Å². The van der Waals surface area contributed by atoms with Crippen LogP contribution < -0.4 is 5.56 Å². The Balaban J connectivity index is 1.43. The number of nitrogens with zero attached hydrogens (tertiary/aromatic N) is 2. The van der Waals surface area contributed by atoms with Crippen molar-refractivity contribution in [3.8, 4) is 16.9 Å². The van der Waals surface area contributed by atoms with Crippen molar-refractivity contribution in [3.05, 3.63) is 57.3 Å². The first-order valence-corrected chi connectivity index (χ1v) is 15.1. The molecule has 230 valence electrons. The van der Waals surface area contributed by atoms with Gasteiger partial charge in [0.1, 0.15) is 5.75 Å². The van der Waals surface area contributed by atoms with Crippen LogP contribution in [-0.4, -0.2) is 101 Å². The van der Waals surface area contributed by atoms with Crippen LogP contribution >= 0.6 is 23.4 Å².